The second-order valence-electron chi connectivity index (χ2n) is 4.54. The van der Waals surface area contributed by atoms with Crippen molar-refractivity contribution < 1.29 is 9.53 Å². The highest BCUT2D eigenvalue weighted by molar-refractivity contribution is 9.10. The van der Waals surface area contributed by atoms with E-state index in [0.29, 0.717) is 5.92 Å². The Morgan fingerprint density at radius 2 is 2.40 bits per heavy atom. The van der Waals surface area contributed by atoms with Gasteiger partial charge in [0.1, 0.15) is 5.60 Å². The summed E-state index contributed by atoms with van der Waals surface area (Å²) in [6.07, 6.45) is 6.71. The summed E-state index contributed by atoms with van der Waals surface area (Å²) >= 11 is 3.53. The van der Waals surface area contributed by atoms with Crippen molar-refractivity contribution in [3.8, 4) is 0 Å². The number of alkyl halides is 1. The molecule has 2 fully saturated rings. The SMILES string of the molecule is C=CC[C@H]1CC[C@@]2(CCCO2)C(=O)[C@@H]1Br. The summed E-state index contributed by atoms with van der Waals surface area (Å²) in [7, 11) is 0. The number of carbonyl (C=O) groups excluding carboxylic acids is 1. The predicted octanol–water partition coefficient (Wildman–Crippen LogP) is 2.85. The first-order chi connectivity index (χ1) is 7.19. The topological polar surface area (TPSA) is 26.3 Å². The minimum atomic E-state index is -0.439. The van der Waals surface area contributed by atoms with Gasteiger partial charge in [0.25, 0.3) is 0 Å². The Kier molecular flexibility index (Phi) is 3.31. The van der Waals surface area contributed by atoms with E-state index in [4.69, 9.17) is 4.74 Å². The number of hydrogen-bond acceptors (Lipinski definition) is 2. The largest absolute Gasteiger partial charge is 0.367 e. The van der Waals surface area contributed by atoms with Crippen LogP contribution >= 0.6 is 15.9 Å². The average molecular weight is 273 g/mol. The van der Waals surface area contributed by atoms with Gasteiger partial charge in [0.15, 0.2) is 5.78 Å². The highest BCUT2D eigenvalue weighted by atomic mass is 79.9. The van der Waals surface area contributed by atoms with Gasteiger partial charge in [0, 0.05) is 6.61 Å². The number of ketones is 1. The third kappa shape index (κ3) is 1.92. The van der Waals surface area contributed by atoms with Gasteiger partial charge >= 0.3 is 0 Å². The maximum absolute atomic E-state index is 12.2. The Morgan fingerprint density at radius 1 is 1.60 bits per heavy atom. The Labute approximate surface area is 99.2 Å². The van der Waals surface area contributed by atoms with Crippen molar-refractivity contribution in [2.75, 3.05) is 6.61 Å². The quantitative estimate of drug-likeness (QED) is 0.571. The fourth-order valence-electron chi connectivity index (χ4n) is 2.69. The van der Waals surface area contributed by atoms with Crippen LogP contribution in [0.25, 0.3) is 0 Å². The number of Topliss-reactive ketones (excluding diaryl/α,β-unsaturated/α-hetero) is 1. The van der Waals surface area contributed by atoms with E-state index >= 15 is 0 Å². The lowest BCUT2D eigenvalue weighted by Crippen LogP contribution is -2.49. The van der Waals surface area contributed by atoms with Gasteiger partial charge < -0.3 is 4.74 Å². The Balaban J connectivity index is 2.10. The zero-order valence-electron chi connectivity index (χ0n) is 8.88. The maximum atomic E-state index is 12.2. The number of ether oxygens (including phenoxy) is 1. The van der Waals surface area contributed by atoms with Crippen molar-refractivity contribution in [3.05, 3.63) is 12.7 Å². The van der Waals surface area contributed by atoms with E-state index in [9.17, 15) is 4.79 Å². The van der Waals surface area contributed by atoms with Gasteiger partial charge in [0.05, 0.1) is 4.83 Å². The van der Waals surface area contributed by atoms with Crippen molar-refractivity contribution in [1.29, 1.82) is 0 Å². The molecule has 0 radical (unpaired) electrons. The highest BCUT2D eigenvalue weighted by Gasteiger charge is 2.49. The summed E-state index contributed by atoms with van der Waals surface area (Å²) in [4.78, 5) is 12.2. The molecule has 1 aliphatic carbocycles. The molecular formula is C12H17BrO2. The first-order valence-corrected chi connectivity index (χ1v) is 6.54. The van der Waals surface area contributed by atoms with Crippen LogP contribution in [0.4, 0.5) is 0 Å². The molecule has 15 heavy (non-hydrogen) atoms. The molecule has 1 spiro atoms. The second kappa shape index (κ2) is 4.38. The predicted molar refractivity (Wildman–Crippen MR) is 63.2 cm³/mol. The summed E-state index contributed by atoms with van der Waals surface area (Å²) in [6, 6.07) is 0. The molecule has 1 aliphatic heterocycles. The zero-order valence-corrected chi connectivity index (χ0v) is 10.5. The van der Waals surface area contributed by atoms with Crippen LogP contribution in [0.5, 0.6) is 0 Å². The van der Waals surface area contributed by atoms with Crippen LogP contribution in [0.15, 0.2) is 12.7 Å². The molecule has 0 N–H and O–H groups in total. The molecule has 3 heteroatoms. The Morgan fingerprint density at radius 3 is 3.00 bits per heavy atom. The molecule has 1 saturated heterocycles. The van der Waals surface area contributed by atoms with Gasteiger partial charge in [-0.3, -0.25) is 4.79 Å². The van der Waals surface area contributed by atoms with Crippen LogP contribution in [0.1, 0.15) is 32.1 Å². The lowest BCUT2D eigenvalue weighted by Gasteiger charge is -2.37. The van der Waals surface area contributed by atoms with E-state index < -0.39 is 5.60 Å². The third-order valence-corrected chi connectivity index (χ3v) is 4.77. The van der Waals surface area contributed by atoms with E-state index in [-0.39, 0.29) is 10.6 Å². The summed E-state index contributed by atoms with van der Waals surface area (Å²) in [6.45, 7) is 4.49. The van der Waals surface area contributed by atoms with Gasteiger partial charge in [-0.1, -0.05) is 22.0 Å². The van der Waals surface area contributed by atoms with Gasteiger partial charge in [-0.15, -0.1) is 6.58 Å². The molecule has 0 aromatic heterocycles. The molecule has 0 aromatic carbocycles. The average Bonchev–Trinajstić information content (AvgIpc) is 2.70. The smallest absolute Gasteiger partial charge is 0.178 e. The van der Waals surface area contributed by atoms with Gasteiger partial charge in [0.2, 0.25) is 0 Å². The standard InChI is InChI=1S/C12H17BrO2/c1-2-4-9-5-7-12(6-3-8-15-12)11(14)10(9)13/h2,9-10H,1,3-8H2/t9-,10+,12-/m0/s1. The molecule has 0 unspecified atom stereocenters. The number of carbonyl (C=O) groups is 1. The normalized spacial score (nSPS) is 41.0. The summed E-state index contributed by atoms with van der Waals surface area (Å²) in [5.41, 5.74) is -0.439. The molecule has 0 amide bonds. The molecule has 3 atom stereocenters. The summed E-state index contributed by atoms with van der Waals surface area (Å²) in [5.74, 6) is 0.669. The van der Waals surface area contributed by atoms with E-state index in [2.05, 4.69) is 22.5 Å². The molecule has 2 rings (SSSR count). The molecule has 84 valence electrons. The minimum absolute atomic E-state index is 0.0395. The lowest BCUT2D eigenvalue weighted by atomic mass is 9.75. The highest BCUT2D eigenvalue weighted by Crippen LogP contribution is 2.42. The van der Waals surface area contributed by atoms with E-state index in [1.165, 1.54) is 0 Å². The Bertz CT molecular complexity index is 269. The van der Waals surface area contributed by atoms with Crippen LogP contribution in [-0.4, -0.2) is 22.8 Å². The summed E-state index contributed by atoms with van der Waals surface area (Å²) < 4.78 is 5.69. The third-order valence-electron chi connectivity index (χ3n) is 3.61. The maximum Gasteiger partial charge on any atom is 0.178 e. The van der Waals surface area contributed by atoms with E-state index in [0.717, 1.165) is 38.7 Å². The number of allylic oxidation sites excluding steroid dienone is 1. The van der Waals surface area contributed by atoms with E-state index in [1.807, 2.05) is 6.08 Å². The molecule has 0 aromatic rings. The fourth-order valence-corrected chi connectivity index (χ4v) is 3.59. The fraction of sp³-hybridized carbons (Fsp3) is 0.750. The van der Waals surface area contributed by atoms with Crippen LogP contribution in [-0.2, 0) is 9.53 Å². The lowest BCUT2D eigenvalue weighted by molar-refractivity contribution is -0.143. The zero-order chi connectivity index (χ0) is 10.9. The number of halogens is 1. The molecule has 1 heterocycles. The first kappa shape index (κ1) is 11.3. The molecule has 0 bridgehead atoms. The molecule has 1 saturated carbocycles. The van der Waals surface area contributed by atoms with Crippen LogP contribution in [0.2, 0.25) is 0 Å². The number of rotatable bonds is 2. The molecule has 2 nitrogen and oxygen atoms in total. The van der Waals surface area contributed by atoms with E-state index in [1.54, 1.807) is 0 Å². The minimum Gasteiger partial charge on any atom is -0.367 e. The van der Waals surface area contributed by atoms with Crippen molar-refractivity contribution in [2.24, 2.45) is 5.92 Å². The summed E-state index contributed by atoms with van der Waals surface area (Å²) in [5, 5.41) is 0. The van der Waals surface area contributed by atoms with Crippen molar-refractivity contribution in [2.45, 2.75) is 42.5 Å². The molecule has 2 aliphatic rings. The van der Waals surface area contributed by atoms with Crippen LogP contribution < -0.4 is 0 Å². The van der Waals surface area contributed by atoms with Crippen LogP contribution in [0, 0.1) is 5.92 Å². The Hall–Kier alpha value is -0.150. The van der Waals surface area contributed by atoms with Crippen molar-refractivity contribution in [1.82, 2.24) is 0 Å². The molecular weight excluding hydrogens is 256 g/mol. The van der Waals surface area contributed by atoms with Crippen molar-refractivity contribution >= 4 is 21.7 Å². The van der Waals surface area contributed by atoms with Gasteiger partial charge in [-0.2, -0.15) is 0 Å². The monoisotopic (exact) mass is 272 g/mol. The van der Waals surface area contributed by atoms with Gasteiger partial charge in [-0.25, -0.2) is 0 Å². The first-order valence-electron chi connectivity index (χ1n) is 5.63. The van der Waals surface area contributed by atoms with Gasteiger partial charge in [-0.05, 0) is 38.0 Å². The second-order valence-corrected chi connectivity index (χ2v) is 5.52. The van der Waals surface area contributed by atoms with Crippen molar-refractivity contribution in [3.63, 3.8) is 0 Å². The number of hydrogen-bond donors (Lipinski definition) is 0. The van der Waals surface area contributed by atoms with Crippen LogP contribution in [0.3, 0.4) is 0 Å².